The van der Waals surface area contributed by atoms with Gasteiger partial charge in [0.1, 0.15) is 5.75 Å². The van der Waals surface area contributed by atoms with E-state index in [1.807, 2.05) is 37.6 Å². The van der Waals surface area contributed by atoms with Gasteiger partial charge in [0, 0.05) is 27.4 Å². The first-order valence-corrected chi connectivity index (χ1v) is 7.82. The summed E-state index contributed by atoms with van der Waals surface area (Å²) in [6, 6.07) is 5.92. The molecule has 1 aromatic heterocycles. The van der Waals surface area contributed by atoms with Crippen LogP contribution in [0.2, 0.25) is 0 Å². The predicted octanol–water partition coefficient (Wildman–Crippen LogP) is 3.86. The Balaban J connectivity index is 2.03. The summed E-state index contributed by atoms with van der Waals surface area (Å²) in [7, 11) is 0. The Morgan fingerprint density at radius 2 is 2.26 bits per heavy atom. The summed E-state index contributed by atoms with van der Waals surface area (Å²) >= 11 is 5.13. The van der Waals surface area contributed by atoms with Crippen LogP contribution in [0.3, 0.4) is 0 Å². The van der Waals surface area contributed by atoms with Crippen LogP contribution in [0.25, 0.3) is 0 Å². The molecule has 0 saturated carbocycles. The number of halogens is 1. The van der Waals surface area contributed by atoms with Crippen LogP contribution in [0.5, 0.6) is 5.75 Å². The highest BCUT2D eigenvalue weighted by molar-refractivity contribution is 9.10. The smallest absolute Gasteiger partial charge is 0.125 e. The summed E-state index contributed by atoms with van der Waals surface area (Å²) in [6.07, 6.45) is 0.876. The molecule has 0 aliphatic carbocycles. The number of nitrogens with two attached hydrogens (primary N) is 1. The Kier molecular flexibility index (Phi) is 4.96. The Labute approximate surface area is 125 Å². The topological polar surface area (TPSA) is 48.1 Å². The molecule has 5 heteroatoms. The monoisotopic (exact) mass is 340 g/mol. The zero-order chi connectivity index (χ0) is 13.8. The first kappa shape index (κ1) is 14.5. The second kappa shape index (κ2) is 6.50. The number of hydrogen-bond donors (Lipinski definition) is 1. The van der Waals surface area contributed by atoms with Gasteiger partial charge in [-0.05, 0) is 26.0 Å². The lowest BCUT2D eigenvalue weighted by molar-refractivity contribution is 0.317. The quantitative estimate of drug-likeness (QED) is 0.898. The van der Waals surface area contributed by atoms with E-state index in [1.165, 1.54) is 4.88 Å². The van der Waals surface area contributed by atoms with Crippen molar-refractivity contribution >= 4 is 27.3 Å². The number of hydrogen-bond acceptors (Lipinski definition) is 4. The number of aryl methyl sites for hydroxylation is 1. The van der Waals surface area contributed by atoms with E-state index < -0.39 is 0 Å². The summed E-state index contributed by atoms with van der Waals surface area (Å²) < 4.78 is 6.88. The van der Waals surface area contributed by atoms with Gasteiger partial charge >= 0.3 is 0 Å². The molecule has 0 aliphatic heterocycles. The van der Waals surface area contributed by atoms with Crippen LogP contribution in [0.4, 0.5) is 0 Å². The lowest BCUT2D eigenvalue weighted by Gasteiger charge is -2.14. The third-order valence-corrected chi connectivity index (χ3v) is 4.39. The van der Waals surface area contributed by atoms with E-state index in [2.05, 4.69) is 20.9 Å². The minimum absolute atomic E-state index is 0.0340. The Morgan fingerprint density at radius 1 is 1.47 bits per heavy atom. The van der Waals surface area contributed by atoms with Gasteiger partial charge in [0.05, 0.1) is 17.8 Å². The third kappa shape index (κ3) is 3.78. The number of thiazole rings is 1. The lowest BCUT2D eigenvalue weighted by atomic mass is 10.1. The molecule has 1 unspecified atom stereocenters. The normalized spacial score (nSPS) is 12.4. The van der Waals surface area contributed by atoms with E-state index in [9.17, 15) is 0 Å². The average Bonchev–Trinajstić information content (AvgIpc) is 2.75. The van der Waals surface area contributed by atoms with Gasteiger partial charge in [0.15, 0.2) is 0 Å². The van der Waals surface area contributed by atoms with E-state index in [-0.39, 0.29) is 6.04 Å². The van der Waals surface area contributed by atoms with E-state index >= 15 is 0 Å². The molecule has 1 aromatic carbocycles. The zero-order valence-corrected chi connectivity index (χ0v) is 13.4. The van der Waals surface area contributed by atoms with Gasteiger partial charge in [-0.1, -0.05) is 22.0 Å². The van der Waals surface area contributed by atoms with Crippen LogP contribution in [-0.2, 0) is 6.42 Å². The van der Waals surface area contributed by atoms with Gasteiger partial charge in [-0.25, -0.2) is 4.98 Å². The first-order valence-electron chi connectivity index (χ1n) is 6.14. The highest BCUT2D eigenvalue weighted by Gasteiger charge is 2.09. The molecule has 0 amide bonds. The maximum Gasteiger partial charge on any atom is 0.125 e. The standard InChI is InChI=1S/C14H17BrN2OS/c1-9(16)12-4-3-11(15)7-13(12)18-6-5-14-10(2)17-8-19-14/h3-4,7-9H,5-6,16H2,1-2H3. The summed E-state index contributed by atoms with van der Waals surface area (Å²) in [5.74, 6) is 0.853. The largest absolute Gasteiger partial charge is 0.493 e. The lowest BCUT2D eigenvalue weighted by Crippen LogP contribution is -2.09. The Morgan fingerprint density at radius 3 is 2.89 bits per heavy atom. The molecule has 1 heterocycles. The van der Waals surface area contributed by atoms with Crippen molar-refractivity contribution in [3.63, 3.8) is 0 Å². The number of nitrogens with zero attached hydrogens (tertiary/aromatic N) is 1. The van der Waals surface area contributed by atoms with Gasteiger partial charge < -0.3 is 10.5 Å². The fourth-order valence-electron chi connectivity index (χ4n) is 1.83. The molecule has 0 spiro atoms. The van der Waals surface area contributed by atoms with E-state index in [0.29, 0.717) is 6.61 Å². The van der Waals surface area contributed by atoms with E-state index in [0.717, 1.165) is 27.9 Å². The van der Waals surface area contributed by atoms with Gasteiger partial charge in [0.25, 0.3) is 0 Å². The molecule has 3 nitrogen and oxygen atoms in total. The van der Waals surface area contributed by atoms with Crippen molar-refractivity contribution in [3.8, 4) is 5.75 Å². The maximum absolute atomic E-state index is 5.95. The molecule has 102 valence electrons. The van der Waals surface area contributed by atoms with E-state index in [4.69, 9.17) is 10.5 Å². The van der Waals surface area contributed by atoms with Crippen molar-refractivity contribution in [2.24, 2.45) is 5.73 Å². The molecular weight excluding hydrogens is 324 g/mol. The van der Waals surface area contributed by atoms with Gasteiger partial charge in [-0.2, -0.15) is 0 Å². The third-order valence-electron chi connectivity index (χ3n) is 2.90. The predicted molar refractivity (Wildman–Crippen MR) is 82.8 cm³/mol. The molecule has 2 aromatic rings. The fourth-order valence-corrected chi connectivity index (χ4v) is 2.93. The molecule has 19 heavy (non-hydrogen) atoms. The highest BCUT2D eigenvalue weighted by Crippen LogP contribution is 2.28. The van der Waals surface area contributed by atoms with Crippen molar-refractivity contribution in [1.82, 2.24) is 4.98 Å². The van der Waals surface area contributed by atoms with Crippen molar-refractivity contribution in [3.05, 3.63) is 44.3 Å². The van der Waals surface area contributed by atoms with Gasteiger partial charge in [-0.15, -0.1) is 11.3 Å². The Bertz CT molecular complexity index is 554. The van der Waals surface area contributed by atoms with Gasteiger partial charge in [-0.3, -0.25) is 0 Å². The second-order valence-corrected chi connectivity index (χ2v) is 6.29. The zero-order valence-electron chi connectivity index (χ0n) is 11.0. The number of aromatic nitrogens is 1. The number of benzene rings is 1. The van der Waals surface area contributed by atoms with Crippen molar-refractivity contribution < 1.29 is 4.74 Å². The van der Waals surface area contributed by atoms with Crippen molar-refractivity contribution in [2.45, 2.75) is 26.3 Å². The van der Waals surface area contributed by atoms with Crippen molar-refractivity contribution in [2.75, 3.05) is 6.61 Å². The minimum atomic E-state index is -0.0340. The SMILES string of the molecule is Cc1ncsc1CCOc1cc(Br)ccc1C(C)N. The molecule has 0 saturated heterocycles. The minimum Gasteiger partial charge on any atom is -0.493 e. The van der Waals surface area contributed by atoms with Gasteiger partial charge in [0.2, 0.25) is 0 Å². The fraction of sp³-hybridized carbons (Fsp3) is 0.357. The number of ether oxygens (including phenoxy) is 1. The first-order chi connectivity index (χ1) is 9.08. The van der Waals surface area contributed by atoms with Crippen LogP contribution in [-0.4, -0.2) is 11.6 Å². The number of rotatable bonds is 5. The summed E-state index contributed by atoms with van der Waals surface area (Å²) in [4.78, 5) is 5.51. The van der Waals surface area contributed by atoms with Crippen LogP contribution in [0, 0.1) is 6.92 Å². The summed E-state index contributed by atoms with van der Waals surface area (Å²) in [6.45, 7) is 4.63. The summed E-state index contributed by atoms with van der Waals surface area (Å²) in [5, 5.41) is 0. The maximum atomic E-state index is 5.95. The summed E-state index contributed by atoms with van der Waals surface area (Å²) in [5.41, 5.74) is 9.95. The molecule has 0 fully saturated rings. The second-order valence-electron chi connectivity index (χ2n) is 4.43. The molecular formula is C14H17BrN2OS. The molecule has 0 bridgehead atoms. The molecule has 2 N–H and O–H groups in total. The van der Waals surface area contributed by atoms with Crippen LogP contribution in [0.1, 0.15) is 29.1 Å². The molecule has 2 rings (SSSR count). The van der Waals surface area contributed by atoms with E-state index in [1.54, 1.807) is 11.3 Å². The molecule has 0 radical (unpaired) electrons. The molecule has 1 atom stereocenters. The Hall–Kier alpha value is -0.910. The van der Waals surface area contributed by atoms with Crippen LogP contribution >= 0.6 is 27.3 Å². The van der Waals surface area contributed by atoms with Crippen LogP contribution < -0.4 is 10.5 Å². The van der Waals surface area contributed by atoms with Crippen molar-refractivity contribution in [1.29, 1.82) is 0 Å². The van der Waals surface area contributed by atoms with Crippen LogP contribution in [0.15, 0.2) is 28.2 Å². The highest BCUT2D eigenvalue weighted by atomic mass is 79.9. The average molecular weight is 341 g/mol. The molecule has 0 aliphatic rings.